The Kier molecular flexibility index (Phi) is 1.89. The van der Waals surface area contributed by atoms with Crippen LogP contribution in [0.3, 0.4) is 0 Å². The van der Waals surface area contributed by atoms with Gasteiger partial charge in [-0.25, -0.2) is 0 Å². The number of carbonyl (C=O) groups is 3. The van der Waals surface area contributed by atoms with Crippen molar-refractivity contribution in [1.82, 2.24) is 10.2 Å². The maximum absolute atomic E-state index is 10.9. The average molecular weight is 156 g/mol. The molecule has 0 spiro atoms. The van der Waals surface area contributed by atoms with E-state index in [9.17, 15) is 14.4 Å². The third-order valence-corrected chi connectivity index (χ3v) is 1.42. The van der Waals surface area contributed by atoms with Gasteiger partial charge in [0.15, 0.2) is 0 Å². The van der Waals surface area contributed by atoms with Crippen molar-refractivity contribution in [2.24, 2.45) is 0 Å². The molecule has 1 heterocycles. The van der Waals surface area contributed by atoms with Crippen molar-refractivity contribution in [1.29, 1.82) is 0 Å². The Labute approximate surface area is 63.4 Å². The molecule has 0 aliphatic carbocycles. The number of hydrogen-bond acceptors (Lipinski definition) is 3. The molecule has 0 atom stereocenters. The van der Waals surface area contributed by atoms with Gasteiger partial charge in [-0.2, -0.15) is 0 Å². The second-order valence-corrected chi connectivity index (χ2v) is 2.28. The standard InChI is InChI=1S/C6H8N2O3/c1-4(9)8-3-5(10)7-2-6(8)11/h2-3H2,1H3,(H,7,10). The predicted octanol–water partition coefficient (Wildman–Crippen LogP) is -1.51. The third-order valence-electron chi connectivity index (χ3n) is 1.42. The number of amides is 3. The van der Waals surface area contributed by atoms with Crippen LogP contribution < -0.4 is 5.32 Å². The van der Waals surface area contributed by atoms with Gasteiger partial charge in [-0.05, 0) is 0 Å². The number of hydrogen-bond donors (Lipinski definition) is 1. The van der Waals surface area contributed by atoms with Gasteiger partial charge in [-0.15, -0.1) is 0 Å². The van der Waals surface area contributed by atoms with Crippen molar-refractivity contribution in [2.45, 2.75) is 6.92 Å². The minimum atomic E-state index is -0.384. The summed E-state index contributed by atoms with van der Waals surface area (Å²) in [5, 5.41) is 2.33. The first-order chi connectivity index (χ1) is 5.11. The molecular formula is C6H8N2O3. The van der Waals surface area contributed by atoms with Gasteiger partial charge in [0.05, 0.1) is 6.54 Å². The lowest BCUT2D eigenvalue weighted by Crippen LogP contribution is -2.53. The zero-order chi connectivity index (χ0) is 8.43. The first kappa shape index (κ1) is 7.71. The maximum Gasteiger partial charge on any atom is 0.249 e. The van der Waals surface area contributed by atoms with Crippen LogP contribution in [0.15, 0.2) is 0 Å². The summed E-state index contributed by atoms with van der Waals surface area (Å²) < 4.78 is 0. The molecule has 1 saturated heterocycles. The molecular weight excluding hydrogens is 148 g/mol. The van der Waals surface area contributed by atoms with Gasteiger partial charge in [0, 0.05) is 6.92 Å². The molecule has 3 amide bonds. The van der Waals surface area contributed by atoms with Gasteiger partial charge < -0.3 is 5.32 Å². The Morgan fingerprint density at radius 1 is 1.55 bits per heavy atom. The van der Waals surface area contributed by atoms with Crippen molar-refractivity contribution >= 4 is 17.7 Å². The first-order valence-electron chi connectivity index (χ1n) is 3.19. The molecule has 0 radical (unpaired) electrons. The first-order valence-corrected chi connectivity index (χ1v) is 3.19. The molecule has 11 heavy (non-hydrogen) atoms. The minimum absolute atomic E-state index is 0.0710. The van der Waals surface area contributed by atoms with E-state index in [-0.39, 0.29) is 30.8 Å². The summed E-state index contributed by atoms with van der Waals surface area (Å²) in [6.07, 6.45) is 0. The fourth-order valence-corrected chi connectivity index (χ4v) is 0.844. The Morgan fingerprint density at radius 2 is 2.18 bits per heavy atom. The van der Waals surface area contributed by atoms with E-state index < -0.39 is 0 Å². The van der Waals surface area contributed by atoms with Crippen molar-refractivity contribution < 1.29 is 14.4 Å². The quantitative estimate of drug-likeness (QED) is 0.463. The molecule has 5 heteroatoms. The van der Waals surface area contributed by atoms with Crippen LogP contribution in [-0.4, -0.2) is 35.7 Å². The third kappa shape index (κ3) is 1.54. The lowest BCUT2D eigenvalue weighted by molar-refractivity contribution is -0.149. The van der Waals surface area contributed by atoms with Gasteiger partial charge in [-0.3, -0.25) is 19.3 Å². The lowest BCUT2D eigenvalue weighted by Gasteiger charge is -2.23. The molecule has 0 bridgehead atoms. The summed E-state index contributed by atoms with van der Waals surface area (Å²) in [6.45, 7) is 1.04. The molecule has 0 aromatic heterocycles. The highest BCUT2D eigenvalue weighted by Crippen LogP contribution is 1.94. The lowest BCUT2D eigenvalue weighted by atomic mass is 10.3. The van der Waals surface area contributed by atoms with Gasteiger partial charge >= 0.3 is 0 Å². The molecule has 1 rings (SSSR count). The normalized spacial score (nSPS) is 18.1. The molecule has 1 fully saturated rings. The Hall–Kier alpha value is -1.39. The second-order valence-electron chi connectivity index (χ2n) is 2.28. The number of rotatable bonds is 0. The fourth-order valence-electron chi connectivity index (χ4n) is 0.844. The van der Waals surface area contributed by atoms with E-state index in [1.165, 1.54) is 6.92 Å². The van der Waals surface area contributed by atoms with Gasteiger partial charge in [-0.1, -0.05) is 0 Å². The Balaban J connectivity index is 2.69. The van der Waals surface area contributed by atoms with Gasteiger partial charge in [0.1, 0.15) is 6.54 Å². The summed E-state index contributed by atoms with van der Waals surface area (Å²) in [5.41, 5.74) is 0. The summed E-state index contributed by atoms with van der Waals surface area (Å²) in [4.78, 5) is 33.1. The van der Waals surface area contributed by atoms with Crippen LogP contribution in [0.2, 0.25) is 0 Å². The SMILES string of the molecule is CC(=O)N1CC(=O)NCC1=O. The zero-order valence-corrected chi connectivity index (χ0v) is 6.09. The van der Waals surface area contributed by atoms with E-state index in [0.717, 1.165) is 4.90 Å². The minimum Gasteiger partial charge on any atom is -0.345 e. The van der Waals surface area contributed by atoms with Crippen LogP contribution >= 0.6 is 0 Å². The highest BCUT2D eigenvalue weighted by molar-refractivity contribution is 6.02. The van der Waals surface area contributed by atoms with E-state index in [2.05, 4.69) is 5.32 Å². The number of piperazine rings is 1. The summed E-state index contributed by atoms with van der Waals surface area (Å²) in [6, 6.07) is 0. The molecule has 1 aliphatic heterocycles. The Morgan fingerprint density at radius 3 is 2.64 bits per heavy atom. The van der Waals surface area contributed by atoms with E-state index in [1.54, 1.807) is 0 Å². The Bertz CT molecular complexity index is 224. The molecule has 5 nitrogen and oxygen atoms in total. The monoisotopic (exact) mass is 156 g/mol. The number of carbonyl (C=O) groups excluding carboxylic acids is 3. The van der Waals surface area contributed by atoms with Gasteiger partial charge in [0.2, 0.25) is 17.7 Å². The van der Waals surface area contributed by atoms with Crippen LogP contribution in [0.25, 0.3) is 0 Å². The molecule has 0 aromatic rings. The number of nitrogens with one attached hydrogen (secondary N) is 1. The molecule has 60 valence electrons. The van der Waals surface area contributed by atoms with Crippen molar-refractivity contribution in [2.75, 3.05) is 13.1 Å². The summed E-state index contributed by atoms with van der Waals surface area (Å²) in [5.74, 6) is -1.03. The van der Waals surface area contributed by atoms with E-state index in [1.807, 2.05) is 0 Å². The average Bonchev–Trinajstić information content (AvgIpc) is 1.94. The van der Waals surface area contributed by atoms with Crippen LogP contribution in [-0.2, 0) is 14.4 Å². The highest BCUT2D eigenvalue weighted by atomic mass is 16.2. The molecule has 0 unspecified atom stereocenters. The van der Waals surface area contributed by atoms with Crippen LogP contribution in [0.5, 0.6) is 0 Å². The topological polar surface area (TPSA) is 66.5 Å². The van der Waals surface area contributed by atoms with Crippen molar-refractivity contribution in [3.63, 3.8) is 0 Å². The summed E-state index contributed by atoms with van der Waals surface area (Å²) in [7, 11) is 0. The van der Waals surface area contributed by atoms with Crippen molar-refractivity contribution in [3.8, 4) is 0 Å². The fraction of sp³-hybridized carbons (Fsp3) is 0.500. The van der Waals surface area contributed by atoms with E-state index in [4.69, 9.17) is 0 Å². The summed E-state index contributed by atoms with van der Waals surface area (Å²) >= 11 is 0. The predicted molar refractivity (Wildman–Crippen MR) is 35.4 cm³/mol. The molecule has 0 saturated carbocycles. The number of imide groups is 1. The molecule has 0 aromatic carbocycles. The van der Waals surface area contributed by atoms with Gasteiger partial charge in [0.25, 0.3) is 0 Å². The largest absolute Gasteiger partial charge is 0.345 e. The zero-order valence-electron chi connectivity index (χ0n) is 6.09. The van der Waals surface area contributed by atoms with Crippen LogP contribution in [0, 0.1) is 0 Å². The smallest absolute Gasteiger partial charge is 0.249 e. The maximum atomic E-state index is 10.9. The van der Waals surface area contributed by atoms with E-state index >= 15 is 0 Å². The van der Waals surface area contributed by atoms with Crippen molar-refractivity contribution in [3.05, 3.63) is 0 Å². The molecule has 1 N–H and O–H groups in total. The van der Waals surface area contributed by atoms with Crippen LogP contribution in [0.4, 0.5) is 0 Å². The van der Waals surface area contributed by atoms with E-state index in [0.29, 0.717) is 0 Å². The molecule has 1 aliphatic rings. The van der Waals surface area contributed by atoms with Crippen LogP contribution in [0.1, 0.15) is 6.92 Å². The highest BCUT2D eigenvalue weighted by Gasteiger charge is 2.25. The number of nitrogens with zero attached hydrogens (tertiary/aromatic N) is 1. The second kappa shape index (κ2) is 2.69.